The van der Waals surface area contributed by atoms with Gasteiger partial charge in [0.05, 0.1) is 6.61 Å². The number of carbonyl (C=O) groups excluding carboxylic acids is 1. The Morgan fingerprint density at radius 1 is 0.846 bits per heavy atom. The summed E-state index contributed by atoms with van der Waals surface area (Å²) in [5.41, 5.74) is 2.43. The SMILES string of the molecule is CCCCOC(=O)Oc1c2cc(CC)ccc2cc2ccc(CC)cc12. The van der Waals surface area contributed by atoms with E-state index in [-0.39, 0.29) is 0 Å². The first-order valence-corrected chi connectivity index (χ1v) is 9.49. The number of hydrogen-bond donors (Lipinski definition) is 0. The lowest BCUT2D eigenvalue weighted by Gasteiger charge is -2.14. The number of hydrogen-bond acceptors (Lipinski definition) is 3. The van der Waals surface area contributed by atoms with E-state index in [1.54, 1.807) is 0 Å². The van der Waals surface area contributed by atoms with Crippen LogP contribution in [0.3, 0.4) is 0 Å². The number of ether oxygens (including phenoxy) is 2. The lowest BCUT2D eigenvalue weighted by molar-refractivity contribution is 0.0988. The van der Waals surface area contributed by atoms with E-state index in [1.807, 2.05) is 0 Å². The van der Waals surface area contributed by atoms with Crippen molar-refractivity contribution in [3.05, 3.63) is 53.6 Å². The van der Waals surface area contributed by atoms with Gasteiger partial charge in [-0.15, -0.1) is 0 Å². The molecule has 3 nitrogen and oxygen atoms in total. The average Bonchev–Trinajstić information content (AvgIpc) is 2.67. The predicted octanol–water partition coefficient (Wildman–Crippen LogP) is 6.43. The summed E-state index contributed by atoms with van der Waals surface area (Å²) in [5.74, 6) is 0.601. The molecule has 3 heteroatoms. The Morgan fingerprint density at radius 2 is 1.42 bits per heavy atom. The Labute approximate surface area is 154 Å². The molecule has 0 spiro atoms. The molecule has 0 amide bonds. The third kappa shape index (κ3) is 3.82. The molecule has 136 valence electrons. The minimum absolute atomic E-state index is 0.387. The van der Waals surface area contributed by atoms with Gasteiger partial charge in [-0.05, 0) is 59.4 Å². The minimum Gasteiger partial charge on any atom is -0.434 e. The van der Waals surface area contributed by atoms with Gasteiger partial charge in [0.2, 0.25) is 0 Å². The molecule has 3 aromatic rings. The van der Waals surface area contributed by atoms with Crippen LogP contribution in [0.5, 0.6) is 5.75 Å². The molecule has 0 bridgehead atoms. The van der Waals surface area contributed by atoms with Crippen molar-refractivity contribution in [1.82, 2.24) is 0 Å². The molecule has 0 saturated carbocycles. The van der Waals surface area contributed by atoms with Gasteiger partial charge in [0.1, 0.15) is 5.75 Å². The molecule has 26 heavy (non-hydrogen) atoms. The van der Waals surface area contributed by atoms with Gasteiger partial charge < -0.3 is 9.47 Å². The van der Waals surface area contributed by atoms with Gasteiger partial charge in [-0.1, -0.05) is 51.5 Å². The molecule has 0 saturated heterocycles. The molecule has 0 heterocycles. The zero-order valence-corrected chi connectivity index (χ0v) is 15.8. The Hall–Kier alpha value is -2.55. The van der Waals surface area contributed by atoms with Crippen LogP contribution in [0.15, 0.2) is 42.5 Å². The van der Waals surface area contributed by atoms with Gasteiger partial charge in [0, 0.05) is 10.8 Å². The molecule has 3 rings (SSSR count). The van der Waals surface area contributed by atoms with E-state index in [1.165, 1.54) is 11.1 Å². The van der Waals surface area contributed by atoms with Crippen LogP contribution in [-0.2, 0) is 17.6 Å². The third-order valence-electron chi connectivity index (χ3n) is 4.76. The molecular weight excluding hydrogens is 324 g/mol. The van der Waals surface area contributed by atoms with Gasteiger partial charge in [0.25, 0.3) is 0 Å². The molecule has 0 aliphatic carbocycles. The zero-order valence-electron chi connectivity index (χ0n) is 15.8. The first-order valence-electron chi connectivity index (χ1n) is 9.49. The van der Waals surface area contributed by atoms with Gasteiger partial charge in [-0.2, -0.15) is 0 Å². The monoisotopic (exact) mass is 350 g/mol. The Bertz CT molecular complexity index is 866. The second-order valence-corrected chi connectivity index (χ2v) is 6.58. The van der Waals surface area contributed by atoms with Crippen molar-refractivity contribution < 1.29 is 14.3 Å². The van der Waals surface area contributed by atoms with E-state index in [4.69, 9.17) is 9.47 Å². The molecule has 0 aromatic heterocycles. The van der Waals surface area contributed by atoms with Crippen LogP contribution in [0.2, 0.25) is 0 Å². The van der Waals surface area contributed by atoms with Crippen LogP contribution in [0.25, 0.3) is 21.5 Å². The number of rotatable bonds is 6. The maximum absolute atomic E-state index is 12.2. The largest absolute Gasteiger partial charge is 0.513 e. The van der Waals surface area contributed by atoms with Gasteiger partial charge in [-0.25, -0.2) is 4.79 Å². The summed E-state index contributed by atoms with van der Waals surface area (Å²) in [6.45, 7) is 6.69. The molecule has 0 aliphatic rings. The van der Waals surface area contributed by atoms with Crippen LogP contribution in [-0.4, -0.2) is 12.8 Å². The third-order valence-corrected chi connectivity index (χ3v) is 4.76. The fourth-order valence-electron chi connectivity index (χ4n) is 3.13. The lowest BCUT2D eigenvalue weighted by atomic mass is 9.98. The van der Waals surface area contributed by atoms with Crippen molar-refractivity contribution in [2.24, 2.45) is 0 Å². The summed E-state index contributed by atoms with van der Waals surface area (Å²) in [5, 5.41) is 4.04. The van der Waals surface area contributed by atoms with Crippen LogP contribution in [0.4, 0.5) is 4.79 Å². The van der Waals surface area contributed by atoms with Crippen LogP contribution < -0.4 is 4.74 Å². The van der Waals surface area contributed by atoms with Crippen LogP contribution in [0.1, 0.15) is 44.7 Å². The Balaban J connectivity index is 2.13. The van der Waals surface area contributed by atoms with Crippen molar-refractivity contribution in [3.8, 4) is 5.75 Å². The van der Waals surface area contributed by atoms with E-state index < -0.39 is 6.16 Å². The van der Waals surface area contributed by atoms with Gasteiger partial charge in [-0.3, -0.25) is 0 Å². The molecule has 0 N–H and O–H groups in total. The van der Waals surface area contributed by atoms with E-state index in [0.29, 0.717) is 12.4 Å². The number of aryl methyl sites for hydroxylation is 2. The highest BCUT2D eigenvalue weighted by molar-refractivity contribution is 6.06. The highest BCUT2D eigenvalue weighted by Crippen LogP contribution is 2.36. The van der Waals surface area contributed by atoms with Crippen LogP contribution >= 0.6 is 0 Å². The lowest BCUT2D eigenvalue weighted by Crippen LogP contribution is -2.12. The maximum atomic E-state index is 12.2. The molecule has 0 radical (unpaired) electrons. The molecule has 0 unspecified atom stereocenters. The average molecular weight is 350 g/mol. The molecule has 3 aromatic carbocycles. The number of unbranched alkanes of at least 4 members (excludes halogenated alkanes) is 1. The van der Waals surface area contributed by atoms with E-state index >= 15 is 0 Å². The second kappa shape index (κ2) is 8.22. The molecule has 0 aliphatic heterocycles. The molecule has 0 fully saturated rings. The van der Waals surface area contributed by atoms with E-state index in [9.17, 15) is 4.79 Å². The van der Waals surface area contributed by atoms with Crippen molar-refractivity contribution in [2.45, 2.75) is 46.5 Å². The topological polar surface area (TPSA) is 35.5 Å². The fourth-order valence-corrected chi connectivity index (χ4v) is 3.13. The zero-order chi connectivity index (χ0) is 18.5. The molecular formula is C23H26O3. The van der Waals surface area contributed by atoms with Crippen molar-refractivity contribution in [1.29, 1.82) is 0 Å². The van der Waals surface area contributed by atoms with Crippen molar-refractivity contribution in [2.75, 3.05) is 6.61 Å². The number of carbonyl (C=O) groups is 1. The van der Waals surface area contributed by atoms with Gasteiger partial charge in [0.15, 0.2) is 0 Å². The summed E-state index contributed by atoms with van der Waals surface area (Å²) < 4.78 is 11.0. The second-order valence-electron chi connectivity index (χ2n) is 6.58. The summed E-state index contributed by atoms with van der Waals surface area (Å²) in [6.07, 6.45) is 3.05. The maximum Gasteiger partial charge on any atom is 0.513 e. The minimum atomic E-state index is -0.629. The van der Waals surface area contributed by atoms with Crippen molar-refractivity contribution >= 4 is 27.7 Å². The Morgan fingerprint density at radius 3 is 1.92 bits per heavy atom. The van der Waals surface area contributed by atoms with E-state index in [2.05, 4.69) is 63.2 Å². The summed E-state index contributed by atoms with van der Waals surface area (Å²) in [6, 6.07) is 14.8. The quantitative estimate of drug-likeness (QED) is 0.222. The summed E-state index contributed by atoms with van der Waals surface area (Å²) in [7, 11) is 0. The highest BCUT2D eigenvalue weighted by atomic mass is 16.7. The normalized spacial score (nSPS) is 11.0. The fraction of sp³-hybridized carbons (Fsp3) is 0.348. The Kier molecular flexibility index (Phi) is 5.77. The number of fused-ring (bicyclic) bond motifs is 2. The first-order chi connectivity index (χ1) is 12.7. The highest BCUT2D eigenvalue weighted by Gasteiger charge is 2.15. The molecule has 0 atom stereocenters. The van der Waals surface area contributed by atoms with E-state index in [0.717, 1.165) is 47.2 Å². The summed E-state index contributed by atoms with van der Waals surface area (Å²) in [4.78, 5) is 12.2. The smallest absolute Gasteiger partial charge is 0.434 e. The predicted molar refractivity (Wildman–Crippen MR) is 107 cm³/mol. The standard InChI is InChI=1S/C23H26O3/c1-4-7-12-25-23(24)26-22-20-13-16(5-2)8-10-18(20)15-19-11-9-17(6-3)14-21(19)22/h8-11,13-15H,4-7,12H2,1-3H3. The summed E-state index contributed by atoms with van der Waals surface area (Å²) >= 11 is 0. The van der Waals surface area contributed by atoms with Crippen LogP contribution in [0, 0.1) is 0 Å². The van der Waals surface area contributed by atoms with Crippen molar-refractivity contribution in [3.63, 3.8) is 0 Å². The van der Waals surface area contributed by atoms with Gasteiger partial charge >= 0.3 is 6.16 Å². The first kappa shape index (κ1) is 18.2. The number of benzene rings is 3.